The number of hydrogen-bond donors (Lipinski definition) is 5. The number of H-pyrrole nitrogens is 1. The molecule has 2 aromatic heterocycles. The first-order valence-electron chi connectivity index (χ1n) is 23.8. The molecule has 5 aliphatic rings. The summed E-state index contributed by atoms with van der Waals surface area (Å²) >= 11 is 0. The van der Waals surface area contributed by atoms with Gasteiger partial charge in [0.05, 0.1) is 18.1 Å². The number of fused-ring (bicyclic) bond motifs is 8. The van der Waals surface area contributed by atoms with Crippen molar-refractivity contribution in [3.63, 3.8) is 0 Å². The Balaban J connectivity index is 1.11. The number of carbonyl (C=O) groups is 2. The van der Waals surface area contributed by atoms with Crippen LogP contribution in [0.5, 0.6) is 17.2 Å². The number of phenolic OH excluding ortho intramolecular Hbond substituents is 2. The Morgan fingerprint density at radius 1 is 0.864 bits per heavy atom. The number of ether oxygens (including phenoxy) is 1. The molecule has 340 valence electrons. The topological polar surface area (TPSA) is 168 Å². The third-order valence-corrected chi connectivity index (χ3v) is 14.7. The molecular formula is C56H57N3O7-2. The molecule has 6 unspecified atom stereocenters. The quantitative estimate of drug-likeness (QED) is 0.0832. The van der Waals surface area contributed by atoms with Crippen LogP contribution in [0.15, 0.2) is 84.7 Å². The van der Waals surface area contributed by atoms with Gasteiger partial charge in [-0.05, 0) is 134 Å². The predicted octanol–water partition coefficient (Wildman–Crippen LogP) is 9.12. The number of aliphatic hydroxyl groups is 2. The van der Waals surface area contributed by atoms with E-state index in [0.717, 1.165) is 88.7 Å². The van der Waals surface area contributed by atoms with E-state index in [0.29, 0.717) is 54.8 Å². The molecule has 6 atom stereocenters. The van der Waals surface area contributed by atoms with Gasteiger partial charge in [-0.25, -0.2) is 0 Å². The molecule has 3 aliphatic carbocycles. The van der Waals surface area contributed by atoms with Crippen LogP contribution >= 0.6 is 0 Å². The minimum Gasteiger partial charge on any atom is -0.664 e. The normalized spacial score (nSPS) is 24.2. The van der Waals surface area contributed by atoms with Crippen LogP contribution in [-0.2, 0) is 41.7 Å². The fourth-order valence-electron chi connectivity index (χ4n) is 11.2. The van der Waals surface area contributed by atoms with E-state index in [4.69, 9.17) is 15.0 Å². The minimum absolute atomic E-state index is 0.00447. The van der Waals surface area contributed by atoms with Crippen molar-refractivity contribution in [1.82, 2.24) is 9.97 Å². The Hall–Kier alpha value is -6.28. The lowest BCUT2D eigenvalue weighted by molar-refractivity contribution is -0.135. The van der Waals surface area contributed by atoms with Crippen LogP contribution in [-0.4, -0.2) is 61.8 Å². The summed E-state index contributed by atoms with van der Waals surface area (Å²) in [6.07, 6.45) is 16.8. The summed E-state index contributed by atoms with van der Waals surface area (Å²) < 4.78 is 6.48. The maximum Gasteiger partial charge on any atom is 0.161 e. The van der Waals surface area contributed by atoms with E-state index in [1.54, 1.807) is 12.3 Å². The molecule has 0 amide bonds. The molecule has 0 spiro atoms. The van der Waals surface area contributed by atoms with Crippen molar-refractivity contribution >= 4 is 29.5 Å². The maximum atomic E-state index is 15.8. The van der Waals surface area contributed by atoms with Crippen LogP contribution < -0.4 is 9.72 Å². The summed E-state index contributed by atoms with van der Waals surface area (Å²) in [7, 11) is 0. The summed E-state index contributed by atoms with van der Waals surface area (Å²) in [5.74, 6) is 5.13. The van der Waals surface area contributed by atoms with Gasteiger partial charge >= 0.3 is 0 Å². The highest BCUT2D eigenvalue weighted by Crippen LogP contribution is 2.48. The molecule has 66 heavy (non-hydrogen) atoms. The SMILES string of the molecule is O=C1CCc2cc(c(O)c(OC3CCCC3)c2)Cc2ccc3c(c2)Cc2cc[nH]c2[N-]C(C#CCC(O)C3)C2=Cc3[n-]ccc3C(CC3C=Cc4c(O)cccc4CC3)C2C(=O)C1CCO. The lowest BCUT2D eigenvalue weighted by Crippen LogP contribution is -2.39. The molecule has 10 rings (SSSR count). The summed E-state index contributed by atoms with van der Waals surface area (Å²) in [5.41, 5.74) is 9.60. The standard InChI is InChI=1S/C56H57N3O7/c60-24-21-45-51(63)18-14-35-27-40(54(64)52(29-35)66-42-7-1-2-8-42)26-34-12-16-37-31-41(61)6-4-9-48(59-56-38(19-22-58-56)30-39(37)25-34)47-32-49-44(20-23-57-49)46(53(47)55(45)65)28-33-11-15-36-5-3-10-50(62)43(36)17-13-33/h3,5,10,12-13,16-17,19-20,22-23,25,27,29,32-33,41-42,45-46,48,53,58,60-62,64H,1-2,6-8,11,14-15,18,21,24,26,28,30-31H2/q-2. The highest BCUT2D eigenvalue weighted by atomic mass is 16.5. The molecular weight excluding hydrogens is 827 g/mol. The summed E-state index contributed by atoms with van der Waals surface area (Å²) in [6.45, 7) is -0.352. The molecule has 5 aromatic rings. The predicted molar refractivity (Wildman–Crippen MR) is 254 cm³/mol. The Bertz CT molecular complexity index is 2760. The second kappa shape index (κ2) is 18.9. The number of aromatic amines is 1. The van der Waals surface area contributed by atoms with E-state index in [1.165, 1.54) is 0 Å². The van der Waals surface area contributed by atoms with Gasteiger partial charge in [-0.2, -0.15) is 6.20 Å². The van der Waals surface area contributed by atoms with E-state index in [9.17, 15) is 25.2 Å². The fraction of sp³-hybridized carbons (Fsp3) is 0.393. The molecule has 1 saturated carbocycles. The zero-order chi connectivity index (χ0) is 45.3. The number of carbonyl (C=O) groups excluding carboxylic acids is 2. The molecule has 4 heterocycles. The number of ketones is 2. The lowest BCUT2D eigenvalue weighted by Gasteiger charge is -2.40. The Morgan fingerprint density at radius 2 is 1.73 bits per heavy atom. The fourth-order valence-corrected chi connectivity index (χ4v) is 11.2. The Morgan fingerprint density at radius 3 is 2.59 bits per heavy atom. The number of aryl methyl sites for hydroxylation is 2. The van der Waals surface area contributed by atoms with Gasteiger partial charge in [-0.1, -0.05) is 90.3 Å². The largest absolute Gasteiger partial charge is 0.664 e. The number of rotatable bonds is 6. The molecule has 5 N–H and O–H groups in total. The van der Waals surface area contributed by atoms with Gasteiger partial charge in [-0.3, -0.25) is 9.59 Å². The van der Waals surface area contributed by atoms with E-state index in [2.05, 4.69) is 35.0 Å². The zero-order valence-electron chi connectivity index (χ0n) is 37.2. The summed E-state index contributed by atoms with van der Waals surface area (Å²) in [6, 6.07) is 18.8. The number of phenols is 2. The number of Topliss-reactive ketones (excluding diaryl/α,β-unsaturated/α-hetero) is 2. The third-order valence-electron chi connectivity index (χ3n) is 14.7. The lowest BCUT2D eigenvalue weighted by atomic mass is 9.66. The number of benzene rings is 3. The first kappa shape index (κ1) is 43.6. The zero-order valence-corrected chi connectivity index (χ0v) is 37.2. The molecule has 5 bridgehead atoms. The van der Waals surface area contributed by atoms with Gasteiger partial charge in [0, 0.05) is 49.0 Å². The highest BCUT2D eigenvalue weighted by molar-refractivity contribution is 6.05. The Labute approximate surface area is 386 Å². The van der Waals surface area contributed by atoms with Crippen molar-refractivity contribution in [2.75, 3.05) is 6.61 Å². The van der Waals surface area contributed by atoms with E-state index in [1.807, 2.05) is 60.8 Å². The van der Waals surface area contributed by atoms with Gasteiger partial charge < -0.3 is 40.4 Å². The molecule has 3 aromatic carbocycles. The average molecular weight is 884 g/mol. The van der Waals surface area contributed by atoms with Crippen molar-refractivity contribution in [2.45, 2.75) is 114 Å². The summed E-state index contributed by atoms with van der Waals surface area (Å²) in [5, 5.41) is 50.0. The third kappa shape index (κ3) is 8.99. The smallest absolute Gasteiger partial charge is 0.161 e. The van der Waals surface area contributed by atoms with Gasteiger partial charge in [0.1, 0.15) is 11.5 Å². The number of nitrogens with zero attached hydrogens (tertiary/aromatic N) is 2. The van der Waals surface area contributed by atoms with E-state index >= 15 is 4.79 Å². The maximum absolute atomic E-state index is 15.8. The number of aromatic hydroxyl groups is 2. The monoisotopic (exact) mass is 883 g/mol. The molecule has 10 nitrogen and oxygen atoms in total. The van der Waals surface area contributed by atoms with Crippen LogP contribution in [0.3, 0.4) is 0 Å². The Kier molecular flexibility index (Phi) is 12.5. The van der Waals surface area contributed by atoms with Crippen molar-refractivity contribution in [3.05, 3.63) is 146 Å². The van der Waals surface area contributed by atoms with E-state index < -0.39 is 29.9 Å². The van der Waals surface area contributed by atoms with Crippen LogP contribution in [0, 0.1) is 29.6 Å². The number of aromatic nitrogens is 2. The molecule has 1 fully saturated rings. The first-order chi connectivity index (χ1) is 32.2. The van der Waals surface area contributed by atoms with Crippen LogP contribution in [0.4, 0.5) is 5.82 Å². The molecule has 0 radical (unpaired) electrons. The van der Waals surface area contributed by atoms with Crippen molar-refractivity contribution in [2.24, 2.45) is 17.8 Å². The number of hydrogen-bond acceptors (Lipinski definition) is 7. The molecule has 10 heteroatoms. The minimum atomic E-state index is -1.11. The van der Waals surface area contributed by atoms with E-state index in [-0.39, 0.29) is 61.0 Å². The van der Waals surface area contributed by atoms with Gasteiger partial charge in [0.25, 0.3) is 0 Å². The van der Waals surface area contributed by atoms with Gasteiger partial charge in [-0.15, -0.1) is 11.6 Å². The number of nitrogens with one attached hydrogen (secondary N) is 1. The number of aliphatic hydroxyl groups excluding tert-OH is 2. The first-order valence-corrected chi connectivity index (χ1v) is 23.8. The van der Waals surface area contributed by atoms with Crippen LogP contribution in [0.1, 0.15) is 119 Å². The van der Waals surface area contributed by atoms with Crippen LogP contribution in [0.25, 0.3) is 17.5 Å². The van der Waals surface area contributed by atoms with Crippen molar-refractivity contribution in [3.8, 4) is 29.1 Å². The van der Waals surface area contributed by atoms with Crippen molar-refractivity contribution in [1.29, 1.82) is 0 Å². The molecule has 2 aliphatic heterocycles. The second-order valence-corrected chi connectivity index (χ2v) is 19.0. The molecule has 0 saturated heterocycles. The highest BCUT2D eigenvalue weighted by Gasteiger charge is 2.43. The second-order valence-electron chi connectivity index (χ2n) is 19.0. The van der Waals surface area contributed by atoms with Crippen LogP contribution in [0.2, 0.25) is 0 Å². The average Bonchev–Trinajstić information content (AvgIpc) is 4.08. The van der Waals surface area contributed by atoms with Crippen molar-refractivity contribution < 1.29 is 34.8 Å². The van der Waals surface area contributed by atoms with Gasteiger partial charge in [0.15, 0.2) is 17.3 Å². The van der Waals surface area contributed by atoms with Gasteiger partial charge in [0.2, 0.25) is 0 Å². The number of allylic oxidation sites excluding steroid dienone is 1. The summed E-state index contributed by atoms with van der Waals surface area (Å²) in [4.78, 5) is 38.7.